The number of hydrogen-bond donors (Lipinski definition) is 6. The normalized spacial score (nSPS) is 17.8. The van der Waals surface area contributed by atoms with E-state index in [-0.39, 0.29) is 132 Å². The van der Waals surface area contributed by atoms with Gasteiger partial charge in [0.15, 0.2) is 5.88 Å². The van der Waals surface area contributed by atoms with Crippen molar-refractivity contribution in [3.63, 3.8) is 0 Å². The second kappa shape index (κ2) is 24.7. The molecule has 1 aromatic heterocycles. The molecule has 1 unspecified atom stereocenters. The van der Waals surface area contributed by atoms with Crippen LogP contribution in [0.4, 0.5) is 13.6 Å². The Morgan fingerprint density at radius 3 is 2.24 bits per heavy atom. The number of carboxylic acids is 1. The summed E-state index contributed by atoms with van der Waals surface area (Å²) in [5, 5.41) is 37.0. The van der Waals surface area contributed by atoms with Crippen molar-refractivity contribution in [3.8, 4) is 0 Å². The van der Waals surface area contributed by atoms with Crippen LogP contribution in [0.5, 0.6) is 0 Å². The van der Waals surface area contributed by atoms with E-state index >= 15 is 0 Å². The Bertz CT molecular complexity index is 1650. The van der Waals surface area contributed by atoms with Gasteiger partial charge in [-0.05, 0) is 32.1 Å². The Morgan fingerprint density at radius 1 is 0.966 bits per heavy atom. The van der Waals surface area contributed by atoms with Crippen molar-refractivity contribution in [2.75, 3.05) is 78.8 Å². The molecule has 23 heteroatoms. The first-order valence-corrected chi connectivity index (χ1v) is 18.6. The molecule has 3 heterocycles. The Labute approximate surface area is 350 Å². The van der Waals surface area contributed by atoms with E-state index in [9.17, 15) is 52.9 Å². The summed E-state index contributed by atoms with van der Waals surface area (Å²) in [6.45, 7) is 12.6. The van der Waals surface area contributed by atoms with Gasteiger partial charge >= 0.3 is 35.3 Å². The Hall–Kier alpha value is -5.14. The van der Waals surface area contributed by atoms with Crippen molar-refractivity contribution < 1.29 is 79.4 Å². The number of likely N-dealkylation sites (tertiary alicyclic amines) is 1. The number of carbonyl (C=O) groups excluding carboxylic acids is 4. The molecule has 1 radical (unpaired) electrons. The van der Waals surface area contributed by atoms with Crippen LogP contribution in [0.15, 0.2) is 30.8 Å². The van der Waals surface area contributed by atoms with Gasteiger partial charge in [0.05, 0.1) is 45.2 Å². The summed E-state index contributed by atoms with van der Waals surface area (Å²) in [7, 11) is 0. The first kappa shape index (κ1) is 50.0. The predicted octanol–water partition coefficient (Wildman–Crippen LogP) is 0.326. The molecule has 0 spiro atoms. The minimum atomic E-state index is -3.18. The van der Waals surface area contributed by atoms with Crippen molar-refractivity contribution in [1.29, 1.82) is 0 Å². The number of hydrogen-bond acceptors (Lipinski definition) is 12. The number of aliphatic carboxylic acids is 1. The number of carbonyl (C=O) groups is 6. The standard InChI is InChI=1S/C36H51F2N9O11.Cu/c1-24(33(52)47-23-36(37,38)21-29(47)39-3)43-32(51)26-6-8-40-27(20-26)22-42-31(50)7-16-57-18-19-58-17-9-41-30(49)5-4-28(34(53)54)45-12-10-44(25(2)48)11-14-46(15-13-45)35(55)56;/h6,8,20,24,28-29,48H,2,4-5,7,9-19,21-23H2,1H3,(H,41,49)(H,42,50)(H,43,51)(H,53,54)(H,55,56);/q;+2/t24-,28?,29-;/m0./s1. The molecule has 0 bridgehead atoms. The van der Waals surface area contributed by atoms with Crippen LogP contribution in [-0.4, -0.2) is 179 Å². The molecule has 6 N–H and O–H groups in total. The van der Waals surface area contributed by atoms with Crippen molar-refractivity contribution in [2.45, 2.75) is 63.3 Å². The molecule has 5 amide bonds. The van der Waals surface area contributed by atoms with Crippen molar-refractivity contribution >= 4 is 35.7 Å². The molecule has 59 heavy (non-hydrogen) atoms. The van der Waals surface area contributed by atoms with Crippen LogP contribution < -0.4 is 16.0 Å². The molecule has 3 rings (SSSR count). The van der Waals surface area contributed by atoms with E-state index in [1.807, 2.05) is 0 Å². The van der Waals surface area contributed by atoms with E-state index in [1.54, 1.807) is 4.90 Å². The van der Waals surface area contributed by atoms with E-state index in [4.69, 9.17) is 16.0 Å². The molecule has 2 aliphatic rings. The van der Waals surface area contributed by atoms with Crippen LogP contribution in [0.1, 0.15) is 48.7 Å². The zero-order valence-electron chi connectivity index (χ0n) is 32.5. The number of pyridine rings is 1. The molecule has 2 saturated heterocycles. The molecule has 20 nitrogen and oxygen atoms in total. The van der Waals surface area contributed by atoms with E-state index in [0.29, 0.717) is 5.69 Å². The molecule has 329 valence electrons. The third-order valence-corrected chi connectivity index (χ3v) is 9.31. The zero-order chi connectivity index (χ0) is 42.8. The second-order valence-corrected chi connectivity index (χ2v) is 13.6. The van der Waals surface area contributed by atoms with E-state index in [1.165, 1.54) is 30.2 Å². The number of aliphatic hydroxyl groups is 1. The molecule has 0 saturated carbocycles. The summed E-state index contributed by atoms with van der Waals surface area (Å²) in [6, 6.07) is 0.556. The number of ether oxygens (including phenoxy) is 2. The summed E-state index contributed by atoms with van der Waals surface area (Å²) >= 11 is 0. The van der Waals surface area contributed by atoms with Gasteiger partial charge in [-0.1, -0.05) is 0 Å². The average molecular weight is 887 g/mol. The molecular weight excluding hydrogens is 836 g/mol. The van der Waals surface area contributed by atoms with Crippen LogP contribution in [0.25, 0.3) is 4.85 Å². The summed E-state index contributed by atoms with van der Waals surface area (Å²) in [4.78, 5) is 86.0. The number of carboxylic acid groups (broad SMARTS) is 2. The average Bonchev–Trinajstić information content (AvgIpc) is 3.55. The number of aromatic nitrogens is 1. The summed E-state index contributed by atoms with van der Waals surface area (Å²) < 4.78 is 38.4. The van der Waals surface area contributed by atoms with Gasteiger partial charge in [-0.25, -0.2) is 20.1 Å². The third kappa shape index (κ3) is 16.9. The number of nitrogens with zero attached hydrogens (tertiary/aromatic N) is 6. The van der Waals surface area contributed by atoms with E-state index < -0.39 is 66.9 Å². The minimum absolute atomic E-state index is 0. The van der Waals surface area contributed by atoms with Gasteiger partial charge in [0.2, 0.25) is 11.8 Å². The maximum absolute atomic E-state index is 13.8. The molecular formula is C36H51CuF2N9O11+2. The van der Waals surface area contributed by atoms with Crippen LogP contribution in [0.3, 0.4) is 0 Å². The largest absolute Gasteiger partial charge is 2.00 e. The van der Waals surface area contributed by atoms with Gasteiger partial charge in [0, 0.05) is 70.4 Å². The minimum Gasteiger partial charge on any atom is -0.495 e. The van der Waals surface area contributed by atoms with Crippen molar-refractivity contribution in [3.05, 3.63) is 53.5 Å². The van der Waals surface area contributed by atoms with Gasteiger partial charge in [0.25, 0.3) is 17.7 Å². The molecule has 1 aromatic rings. The third-order valence-electron chi connectivity index (χ3n) is 9.31. The molecule has 2 aliphatic heterocycles. The fourth-order valence-electron chi connectivity index (χ4n) is 6.12. The van der Waals surface area contributed by atoms with E-state index in [0.717, 1.165) is 9.80 Å². The Balaban J connectivity index is 0.0000120. The van der Waals surface area contributed by atoms with Gasteiger partial charge in [-0.15, -0.1) is 0 Å². The van der Waals surface area contributed by atoms with Gasteiger partial charge in [0.1, 0.15) is 18.5 Å². The summed E-state index contributed by atoms with van der Waals surface area (Å²) in [6.07, 6.45) is -2.02. The summed E-state index contributed by atoms with van der Waals surface area (Å²) in [5.41, 5.74) is 0.465. The molecule has 2 fully saturated rings. The molecule has 0 aromatic carbocycles. The predicted molar refractivity (Wildman–Crippen MR) is 199 cm³/mol. The first-order valence-electron chi connectivity index (χ1n) is 18.6. The maximum atomic E-state index is 13.8. The van der Waals surface area contributed by atoms with Crippen molar-refractivity contribution in [2.24, 2.45) is 0 Å². The van der Waals surface area contributed by atoms with Gasteiger partial charge in [-0.3, -0.25) is 43.6 Å². The number of amides is 5. The van der Waals surface area contributed by atoms with Crippen LogP contribution >= 0.6 is 0 Å². The monoisotopic (exact) mass is 886 g/mol. The number of rotatable bonds is 20. The SMILES string of the molecule is [C-]#[N+][C@@H]1CC(F)(F)CN1C(=O)[C@H](C)NC(=O)c1ccnc(CNC(=O)CCOCCOCCNC(=O)CCC(C(=O)O)N2CCN(C(=C)O)CCN(C(=O)O)CC2)c1.[Cu+2]. The number of aliphatic hydroxyl groups excluding tert-OH is 1. The Morgan fingerprint density at radius 2 is 1.59 bits per heavy atom. The number of halogens is 2. The molecule has 0 aliphatic carbocycles. The molecule has 3 atom stereocenters. The zero-order valence-corrected chi connectivity index (χ0v) is 33.5. The van der Waals surface area contributed by atoms with Crippen LogP contribution in [0.2, 0.25) is 0 Å². The number of alkyl halides is 2. The quantitative estimate of drug-likeness (QED) is 0.0447. The second-order valence-electron chi connectivity index (χ2n) is 13.6. The van der Waals surface area contributed by atoms with Crippen LogP contribution in [-0.2, 0) is 52.3 Å². The summed E-state index contributed by atoms with van der Waals surface area (Å²) in [5.74, 6) is -6.81. The van der Waals surface area contributed by atoms with Gasteiger partial charge in [-0.2, -0.15) is 0 Å². The Kier molecular flexibility index (Phi) is 20.9. The van der Waals surface area contributed by atoms with E-state index in [2.05, 4.69) is 32.4 Å². The van der Waals surface area contributed by atoms with Crippen LogP contribution in [0, 0.1) is 6.57 Å². The van der Waals surface area contributed by atoms with Gasteiger partial charge < -0.3 is 50.5 Å². The van der Waals surface area contributed by atoms with Crippen molar-refractivity contribution in [1.82, 2.24) is 40.5 Å². The first-order chi connectivity index (χ1) is 27.5. The maximum Gasteiger partial charge on any atom is 2.00 e. The topological polar surface area (TPSA) is 248 Å². The smallest absolute Gasteiger partial charge is 0.495 e. The fraction of sp³-hybridized carbons (Fsp3) is 0.611. The fourth-order valence-corrected chi connectivity index (χ4v) is 6.12. The number of nitrogens with one attached hydrogen (secondary N) is 3.